The van der Waals surface area contributed by atoms with Crippen LogP contribution in [0.15, 0.2) is 22.7 Å². The molecule has 0 bridgehead atoms. The minimum Gasteiger partial charge on any atom is -0.434 e. The Balaban J connectivity index is 3.02. The minimum absolute atomic E-state index is 0.0451. The molecule has 84 valence electrons. The van der Waals surface area contributed by atoms with Gasteiger partial charge in [-0.1, -0.05) is 15.9 Å². The van der Waals surface area contributed by atoms with E-state index in [1.807, 2.05) is 6.92 Å². The van der Waals surface area contributed by atoms with Crippen molar-refractivity contribution in [1.29, 1.82) is 0 Å². The second kappa shape index (κ2) is 5.42. The van der Waals surface area contributed by atoms with E-state index in [2.05, 4.69) is 26.0 Å². The van der Waals surface area contributed by atoms with E-state index in [9.17, 15) is 8.78 Å². The molecule has 0 saturated carbocycles. The first-order valence-electron chi connectivity index (χ1n) is 4.46. The van der Waals surface area contributed by atoms with Gasteiger partial charge in [0.15, 0.2) is 0 Å². The lowest BCUT2D eigenvalue weighted by Crippen LogP contribution is -2.15. The molecule has 2 nitrogen and oxygen atoms in total. The highest BCUT2D eigenvalue weighted by Crippen LogP contribution is 2.29. The lowest BCUT2D eigenvalue weighted by molar-refractivity contribution is -0.0506. The Morgan fingerprint density at radius 3 is 2.60 bits per heavy atom. The van der Waals surface area contributed by atoms with Crippen LogP contribution in [0.4, 0.5) is 8.78 Å². The monoisotopic (exact) mass is 279 g/mol. The highest BCUT2D eigenvalue weighted by molar-refractivity contribution is 9.10. The number of hydrogen-bond donors (Lipinski definition) is 1. The van der Waals surface area contributed by atoms with E-state index in [4.69, 9.17) is 0 Å². The maximum Gasteiger partial charge on any atom is 0.387 e. The quantitative estimate of drug-likeness (QED) is 0.913. The first-order chi connectivity index (χ1) is 7.04. The third-order valence-corrected chi connectivity index (χ3v) is 2.58. The van der Waals surface area contributed by atoms with Crippen molar-refractivity contribution in [2.75, 3.05) is 7.05 Å². The normalized spacial score (nSPS) is 12.9. The van der Waals surface area contributed by atoms with Crippen LogP contribution in [0.2, 0.25) is 0 Å². The standard InChI is InChI=1S/C10H12BrF2NO/c1-6(14-2)8-5-7(11)3-4-9(8)15-10(12)13/h3-6,10,14H,1-2H3. The second-order valence-corrected chi connectivity index (χ2v) is 3.99. The number of ether oxygens (including phenoxy) is 1. The average Bonchev–Trinajstić information content (AvgIpc) is 2.19. The van der Waals surface area contributed by atoms with Gasteiger partial charge in [-0.05, 0) is 32.2 Å². The van der Waals surface area contributed by atoms with E-state index in [-0.39, 0.29) is 11.8 Å². The summed E-state index contributed by atoms with van der Waals surface area (Å²) in [7, 11) is 1.76. The predicted molar refractivity (Wildman–Crippen MR) is 58.2 cm³/mol. The van der Waals surface area contributed by atoms with Crippen molar-refractivity contribution in [2.45, 2.75) is 19.6 Å². The van der Waals surface area contributed by atoms with Crippen molar-refractivity contribution >= 4 is 15.9 Å². The summed E-state index contributed by atoms with van der Waals surface area (Å²) in [5.74, 6) is 0.204. The Labute approximate surface area is 95.8 Å². The summed E-state index contributed by atoms with van der Waals surface area (Å²) in [5.41, 5.74) is 0.701. The molecule has 1 aromatic carbocycles. The molecule has 0 aliphatic rings. The number of rotatable bonds is 4. The molecule has 0 heterocycles. The summed E-state index contributed by atoms with van der Waals surface area (Å²) in [6.07, 6.45) is 0. The van der Waals surface area contributed by atoms with Crippen LogP contribution in [0, 0.1) is 0 Å². The fraction of sp³-hybridized carbons (Fsp3) is 0.400. The summed E-state index contributed by atoms with van der Waals surface area (Å²) in [6.45, 7) is -0.922. The van der Waals surface area contributed by atoms with Crippen LogP contribution < -0.4 is 10.1 Å². The molecule has 1 aromatic rings. The van der Waals surface area contributed by atoms with Gasteiger partial charge in [-0.2, -0.15) is 8.78 Å². The third kappa shape index (κ3) is 3.43. The summed E-state index contributed by atoms with van der Waals surface area (Å²) in [5, 5.41) is 2.98. The van der Waals surface area contributed by atoms with Gasteiger partial charge in [0.2, 0.25) is 0 Å². The molecule has 15 heavy (non-hydrogen) atoms. The molecule has 0 spiro atoms. The van der Waals surface area contributed by atoms with E-state index in [0.29, 0.717) is 5.56 Å². The average molecular weight is 280 g/mol. The highest BCUT2D eigenvalue weighted by Gasteiger charge is 2.13. The van der Waals surface area contributed by atoms with E-state index in [0.717, 1.165) is 4.47 Å². The van der Waals surface area contributed by atoms with Gasteiger partial charge in [-0.15, -0.1) is 0 Å². The Morgan fingerprint density at radius 2 is 2.07 bits per heavy atom. The third-order valence-electron chi connectivity index (χ3n) is 2.09. The minimum atomic E-state index is -2.80. The zero-order chi connectivity index (χ0) is 11.4. The SMILES string of the molecule is CNC(C)c1cc(Br)ccc1OC(F)F. The number of halogens is 3. The first kappa shape index (κ1) is 12.4. The molecule has 0 saturated heterocycles. The topological polar surface area (TPSA) is 21.3 Å². The molecular weight excluding hydrogens is 268 g/mol. The smallest absolute Gasteiger partial charge is 0.387 e. The largest absolute Gasteiger partial charge is 0.434 e. The lowest BCUT2D eigenvalue weighted by Gasteiger charge is -2.16. The molecule has 1 N–H and O–H groups in total. The summed E-state index contributed by atoms with van der Waals surface area (Å²) < 4.78 is 29.5. The van der Waals surface area contributed by atoms with E-state index in [1.165, 1.54) is 6.07 Å². The van der Waals surface area contributed by atoms with Crippen molar-refractivity contribution in [3.63, 3.8) is 0 Å². The van der Waals surface area contributed by atoms with Crippen molar-refractivity contribution < 1.29 is 13.5 Å². The fourth-order valence-electron chi connectivity index (χ4n) is 1.22. The number of nitrogens with one attached hydrogen (secondary N) is 1. The molecular formula is C10H12BrF2NO. The van der Waals surface area contributed by atoms with Gasteiger partial charge in [0.25, 0.3) is 0 Å². The van der Waals surface area contributed by atoms with Crippen LogP contribution in [0.25, 0.3) is 0 Å². The molecule has 5 heteroatoms. The van der Waals surface area contributed by atoms with Gasteiger partial charge in [-0.3, -0.25) is 0 Å². The van der Waals surface area contributed by atoms with Gasteiger partial charge in [0, 0.05) is 16.1 Å². The second-order valence-electron chi connectivity index (χ2n) is 3.07. The Hall–Kier alpha value is -0.680. The van der Waals surface area contributed by atoms with Crippen molar-refractivity contribution in [3.8, 4) is 5.75 Å². The molecule has 0 amide bonds. The molecule has 1 unspecified atom stereocenters. The van der Waals surface area contributed by atoms with Crippen LogP contribution >= 0.6 is 15.9 Å². The van der Waals surface area contributed by atoms with Gasteiger partial charge in [-0.25, -0.2) is 0 Å². The maximum absolute atomic E-state index is 12.1. The molecule has 0 radical (unpaired) electrons. The number of alkyl halides is 2. The zero-order valence-corrected chi connectivity index (χ0v) is 10.0. The van der Waals surface area contributed by atoms with Crippen LogP contribution in [-0.4, -0.2) is 13.7 Å². The predicted octanol–water partition coefficient (Wildman–Crippen LogP) is 3.33. The molecule has 0 aliphatic carbocycles. The van der Waals surface area contributed by atoms with Gasteiger partial charge in [0.05, 0.1) is 0 Å². The van der Waals surface area contributed by atoms with Crippen LogP contribution in [0.1, 0.15) is 18.5 Å². The van der Waals surface area contributed by atoms with E-state index in [1.54, 1.807) is 19.2 Å². The number of benzene rings is 1. The highest BCUT2D eigenvalue weighted by atomic mass is 79.9. The van der Waals surface area contributed by atoms with Crippen molar-refractivity contribution in [3.05, 3.63) is 28.2 Å². The fourth-order valence-corrected chi connectivity index (χ4v) is 1.60. The Bertz CT molecular complexity index is 333. The van der Waals surface area contributed by atoms with Crippen LogP contribution in [-0.2, 0) is 0 Å². The molecule has 0 aliphatic heterocycles. The van der Waals surface area contributed by atoms with Crippen molar-refractivity contribution in [2.24, 2.45) is 0 Å². The van der Waals surface area contributed by atoms with Gasteiger partial charge in [0.1, 0.15) is 5.75 Å². The van der Waals surface area contributed by atoms with Crippen LogP contribution in [0.3, 0.4) is 0 Å². The van der Waals surface area contributed by atoms with Gasteiger partial charge >= 0.3 is 6.61 Å². The maximum atomic E-state index is 12.1. The lowest BCUT2D eigenvalue weighted by atomic mass is 10.1. The molecule has 0 aromatic heterocycles. The molecule has 1 atom stereocenters. The molecule has 0 fully saturated rings. The van der Waals surface area contributed by atoms with E-state index >= 15 is 0 Å². The number of hydrogen-bond acceptors (Lipinski definition) is 2. The van der Waals surface area contributed by atoms with E-state index < -0.39 is 6.61 Å². The summed E-state index contributed by atoms with van der Waals surface area (Å²) in [6, 6.07) is 4.92. The first-order valence-corrected chi connectivity index (χ1v) is 5.25. The van der Waals surface area contributed by atoms with Gasteiger partial charge < -0.3 is 10.1 Å². The van der Waals surface area contributed by atoms with Crippen LogP contribution in [0.5, 0.6) is 5.75 Å². The zero-order valence-electron chi connectivity index (χ0n) is 8.43. The van der Waals surface area contributed by atoms with Crippen molar-refractivity contribution in [1.82, 2.24) is 5.32 Å². The molecule has 1 rings (SSSR count). The summed E-state index contributed by atoms with van der Waals surface area (Å²) in [4.78, 5) is 0. The Kier molecular flexibility index (Phi) is 4.47. The Morgan fingerprint density at radius 1 is 1.40 bits per heavy atom. The summed E-state index contributed by atoms with van der Waals surface area (Å²) >= 11 is 3.29.